The van der Waals surface area contributed by atoms with E-state index < -0.39 is 6.10 Å². The third-order valence-electron chi connectivity index (χ3n) is 6.37. The van der Waals surface area contributed by atoms with E-state index in [0.29, 0.717) is 35.2 Å². The molecule has 3 aromatic carbocycles. The molecule has 38 heavy (non-hydrogen) atoms. The van der Waals surface area contributed by atoms with E-state index in [1.807, 2.05) is 67.6 Å². The lowest BCUT2D eigenvalue weighted by molar-refractivity contribution is 0.236. The minimum Gasteiger partial charge on any atom is -0.478 e. The van der Waals surface area contributed by atoms with Crippen LogP contribution in [0, 0.1) is 6.92 Å². The highest BCUT2D eigenvalue weighted by molar-refractivity contribution is 6.32. The normalized spacial score (nSPS) is 12.0. The van der Waals surface area contributed by atoms with Gasteiger partial charge >= 0.3 is 5.69 Å². The second kappa shape index (κ2) is 11.4. The molecule has 9 nitrogen and oxygen atoms in total. The minimum atomic E-state index is -0.492. The van der Waals surface area contributed by atoms with Gasteiger partial charge in [-0.1, -0.05) is 73.5 Å². The van der Waals surface area contributed by atoms with Crippen molar-refractivity contribution in [2.75, 3.05) is 0 Å². The number of para-hydroxylation sites is 1. The molecule has 0 spiro atoms. The predicted molar refractivity (Wildman–Crippen MR) is 145 cm³/mol. The van der Waals surface area contributed by atoms with Crippen molar-refractivity contribution in [2.24, 2.45) is 0 Å². The lowest BCUT2D eigenvalue weighted by atomic mass is 10.0. The molecule has 0 bridgehead atoms. The van der Waals surface area contributed by atoms with Crippen molar-refractivity contribution in [3.8, 4) is 11.4 Å². The first-order valence-corrected chi connectivity index (χ1v) is 12.9. The van der Waals surface area contributed by atoms with Crippen molar-refractivity contribution < 1.29 is 4.74 Å². The van der Waals surface area contributed by atoms with E-state index in [1.165, 1.54) is 4.68 Å². The van der Waals surface area contributed by atoms with E-state index in [2.05, 4.69) is 32.6 Å². The number of nitrogens with zero attached hydrogens (tertiary/aromatic N) is 6. The number of halogens is 1. The number of nitrogens with one attached hydrogen (secondary N) is 1. The number of rotatable bonds is 10. The van der Waals surface area contributed by atoms with E-state index in [4.69, 9.17) is 16.3 Å². The number of aryl methyl sites for hydroxylation is 2. The maximum Gasteiger partial charge on any atom is 0.351 e. The maximum absolute atomic E-state index is 13.4. The zero-order valence-electron chi connectivity index (χ0n) is 21.2. The molecule has 194 valence electrons. The summed E-state index contributed by atoms with van der Waals surface area (Å²) in [7, 11) is 0. The molecule has 0 radical (unpaired) electrons. The summed E-state index contributed by atoms with van der Waals surface area (Å²) < 4.78 is 9.44. The van der Waals surface area contributed by atoms with Crippen LogP contribution in [0.25, 0.3) is 5.69 Å². The fraction of sp³-hybridized carbons (Fsp3) is 0.250. The van der Waals surface area contributed by atoms with Crippen molar-refractivity contribution in [2.45, 2.75) is 45.8 Å². The molecule has 0 aliphatic heterocycles. The fourth-order valence-electron chi connectivity index (χ4n) is 4.31. The number of hydrogen-bond donors (Lipinski definition) is 1. The molecule has 2 aromatic heterocycles. The highest BCUT2D eigenvalue weighted by Gasteiger charge is 2.22. The molecular weight excluding hydrogens is 502 g/mol. The Balaban J connectivity index is 1.41. The quantitative estimate of drug-likeness (QED) is 0.271. The lowest BCUT2D eigenvalue weighted by Gasteiger charge is -2.19. The van der Waals surface area contributed by atoms with Crippen molar-refractivity contribution in [3.05, 3.63) is 117 Å². The molecule has 5 aromatic rings. The number of benzene rings is 3. The summed E-state index contributed by atoms with van der Waals surface area (Å²) >= 11 is 6.37. The van der Waals surface area contributed by atoms with Gasteiger partial charge < -0.3 is 4.74 Å². The summed E-state index contributed by atoms with van der Waals surface area (Å²) in [5, 5.41) is 19.5. The highest BCUT2D eigenvalue weighted by Crippen LogP contribution is 2.28. The monoisotopic (exact) mass is 529 g/mol. The van der Waals surface area contributed by atoms with E-state index in [1.54, 1.807) is 16.7 Å². The van der Waals surface area contributed by atoms with Gasteiger partial charge in [0.15, 0.2) is 11.9 Å². The Morgan fingerprint density at radius 3 is 2.50 bits per heavy atom. The van der Waals surface area contributed by atoms with E-state index in [-0.39, 0.29) is 5.69 Å². The van der Waals surface area contributed by atoms with Crippen LogP contribution >= 0.6 is 11.6 Å². The molecule has 0 fully saturated rings. The van der Waals surface area contributed by atoms with Gasteiger partial charge in [0.25, 0.3) is 0 Å². The number of unbranched alkanes of at least 4 members (excludes halogenated alkanes) is 1. The number of ether oxygens (including phenoxy) is 1. The minimum absolute atomic E-state index is 0.220. The van der Waals surface area contributed by atoms with Crippen LogP contribution in [-0.4, -0.2) is 35.0 Å². The number of aromatic amines is 1. The van der Waals surface area contributed by atoms with Crippen LogP contribution in [0.2, 0.25) is 5.02 Å². The zero-order valence-corrected chi connectivity index (χ0v) is 22.0. The average molecular weight is 530 g/mol. The molecular formula is C28H28ClN7O2. The number of H-pyrrole nitrogens is 1. The third-order valence-corrected chi connectivity index (χ3v) is 6.69. The summed E-state index contributed by atoms with van der Waals surface area (Å²) in [5.74, 6) is 1.90. The zero-order chi connectivity index (χ0) is 26.5. The fourth-order valence-corrected chi connectivity index (χ4v) is 4.53. The predicted octanol–water partition coefficient (Wildman–Crippen LogP) is 5.07. The number of hydrogen-bond acceptors (Lipinski definition) is 6. The Labute approximate surface area is 225 Å². The summed E-state index contributed by atoms with van der Waals surface area (Å²) in [5.41, 5.74) is 3.34. The largest absolute Gasteiger partial charge is 0.478 e. The summed E-state index contributed by atoms with van der Waals surface area (Å²) in [6.45, 7) is 4.52. The molecule has 1 atom stereocenters. The van der Waals surface area contributed by atoms with E-state index in [0.717, 1.165) is 35.4 Å². The molecule has 2 heterocycles. The molecule has 1 unspecified atom stereocenters. The first kappa shape index (κ1) is 25.4. The Bertz CT molecular complexity index is 1560. The smallest absolute Gasteiger partial charge is 0.351 e. The van der Waals surface area contributed by atoms with Crippen LogP contribution in [0.15, 0.2) is 77.6 Å². The van der Waals surface area contributed by atoms with E-state index in [9.17, 15) is 4.79 Å². The molecule has 0 amide bonds. The van der Waals surface area contributed by atoms with Gasteiger partial charge in [-0.2, -0.15) is 4.68 Å². The van der Waals surface area contributed by atoms with Crippen LogP contribution < -0.4 is 10.4 Å². The first-order chi connectivity index (χ1) is 18.5. The maximum atomic E-state index is 13.4. The van der Waals surface area contributed by atoms with Crippen molar-refractivity contribution in [1.29, 1.82) is 0 Å². The molecule has 5 rings (SSSR count). The van der Waals surface area contributed by atoms with Crippen molar-refractivity contribution in [1.82, 2.24) is 35.0 Å². The van der Waals surface area contributed by atoms with Crippen molar-refractivity contribution in [3.63, 3.8) is 0 Å². The highest BCUT2D eigenvalue weighted by atomic mass is 35.5. The summed E-state index contributed by atoms with van der Waals surface area (Å²) in [6.07, 6.45) is 2.15. The SMILES string of the molecule is CCCCc1nn(-c2ccccc2Cl)c(=O)n1Cc1ccc(OC(c2nnn[nH]2)c2ccccc2C)cc1. The standard InChI is InChI=1S/C28H28ClN7O2/c1-3-4-13-25-32-36(24-12-8-7-11-23(24)29)28(37)35(25)18-20-14-16-21(17-15-20)38-26(27-30-33-34-31-27)22-10-6-5-9-19(22)2/h5-12,14-17,26H,3-4,13,18H2,1-2H3,(H,30,31,33,34). The van der Waals surface area contributed by atoms with Gasteiger partial charge in [-0.25, -0.2) is 9.89 Å². The molecule has 0 saturated carbocycles. The molecule has 0 saturated heterocycles. The van der Waals surface area contributed by atoms with Gasteiger partial charge in [-0.05, 0) is 59.2 Å². The average Bonchev–Trinajstić information content (AvgIpc) is 3.57. The van der Waals surface area contributed by atoms with Gasteiger partial charge in [0.05, 0.1) is 17.3 Å². The molecule has 0 aliphatic carbocycles. The second-order valence-electron chi connectivity index (χ2n) is 9.04. The number of tetrazole rings is 1. The summed E-state index contributed by atoms with van der Waals surface area (Å²) in [6, 6.07) is 22.9. The Morgan fingerprint density at radius 1 is 1.03 bits per heavy atom. The van der Waals surface area contributed by atoms with Gasteiger partial charge in [-0.15, -0.1) is 10.2 Å². The Kier molecular flexibility index (Phi) is 7.65. The van der Waals surface area contributed by atoms with E-state index >= 15 is 0 Å². The Hall–Kier alpha value is -4.24. The lowest BCUT2D eigenvalue weighted by Crippen LogP contribution is -2.25. The van der Waals surface area contributed by atoms with Crippen LogP contribution in [-0.2, 0) is 13.0 Å². The van der Waals surface area contributed by atoms with Crippen LogP contribution in [0.3, 0.4) is 0 Å². The van der Waals surface area contributed by atoms with Gasteiger partial charge in [0, 0.05) is 12.0 Å². The van der Waals surface area contributed by atoms with Crippen molar-refractivity contribution >= 4 is 11.6 Å². The third kappa shape index (κ3) is 5.38. The molecule has 0 aliphatic rings. The molecule has 10 heteroatoms. The first-order valence-electron chi connectivity index (χ1n) is 12.5. The topological polar surface area (TPSA) is 104 Å². The number of aromatic nitrogens is 7. The van der Waals surface area contributed by atoms with Crippen LogP contribution in [0.4, 0.5) is 0 Å². The van der Waals surface area contributed by atoms with Crippen LogP contribution in [0.5, 0.6) is 5.75 Å². The summed E-state index contributed by atoms with van der Waals surface area (Å²) in [4.78, 5) is 13.4. The van der Waals surface area contributed by atoms with Gasteiger partial charge in [0.1, 0.15) is 11.6 Å². The second-order valence-corrected chi connectivity index (χ2v) is 9.44. The van der Waals surface area contributed by atoms with Crippen LogP contribution in [0.1, 0.15) is 54.2 Å². The Morgan fingerprint density at radius 2 is 1.79 bits per heavy atom. The molecule has 1 N–H and O–H groups in total. The van der Waals surface area contributed by atoms with Gasteiger partial charge in [-0.3, -0.25) is 4.57 Å². The van der Waals surface area contributed by atoms with Gasteiger partial charge in [0.2, 0.25) is 0 Å².